The summed E-state index contributed by atoms with van der Waals surface area (Å²) in [6, 6.07) is 7.57. The smallest absolute Gasteiger partial charge is 0.160 e. The monoisotopic (exact) mass is 238 g/mol. The van der Waals surface area contributed by atoms with E-state index in [-0.39, 0.29) is 6.29 Å². The highest BCUT2D eigenvalue weighted by Gasteiger charge is 2.13. The van der Waals surface area contributed by atoms with Crippen molar-refractivity contribution < 1.29 is 18.9 Å². The van der Waals surface area contributed by atoms with E-state index in [1.165, 1.54) is 0 Å². The van der Waals surface area contributed by atoms with E-state index in [2.05, 4.69) is 0 Å². The zero-order valence-corrected chi connectivity index (χ0v) is 10.1. The fraction of sp³-hybridized carbons (Fsp3) is 0.538. The predicted octanol–water partition coefficient (Wildman–Crippen LogP) is 2.23. The summed E-state index contributed by atoms with van der Waals surface area (Å²) >= 11 is 0. The van der Waals surface area contributed by atoms with Gasteiger partial charge in [-0.25, -0.2) is 0 Å². The number of hydrogen-bond donors (Lipinski definition) is 0. The number of rotatable bonds is 5. The van der Waals surface area contributed by atoms with Gasteiger partial charge in [0.15, 0.2) is 6.29 Å². The van der Waals surface area contributed by atoms with E-state index in [0.29, 0.717) is 6.61 Å². The van der Waals surface area contributed by atoms with Crippen LogP contribution in [0.15, 0.2) is 24.3 Å². The van der Waals surface area contributed by atoms with Gasteiger partial charge in [-0.15, -0.1) is 0 Å². The minimum Gasteiger partial charge on any atom is -0.497 e. The molecule has 1 aliphatic heterocycles. The highest BCUT2D eigenvalue weighted by molar-refractivity contribution is 5.32. The second-order valence-electron chi connectivity index (χ2n) is 3.84. The molecule has 0 unspecified atom stereocenters. The normalized spacial score (nSPS) is 16.8. The number of ether oxygens (including phenoxy) is 4. The first-order valence-electron chi connectivity index (χ1n) is 5.88. The highest BCUT2D eigenvalue weighted by Crippen LogP contribution is 2.19. The third-order valence-corrected chi connectivity index (χ3v) is 2.56. The van der Waals surface area contributed by atoms with E-state index in [1.807, 2.05) is 24.3 Å². The average Bonchev–Trinajstić information content (AvgIpc) is 2.40. The number of hydrogen-bond acceptors (Lipinski definition) is 4. The lowest BCUT2D eigenvalue weighted by Gasteiger charge is -2.23. The zero-order valence-electron chi connectivity index (χ0n) is 10.1. The van der Waals surface area contributed by atoms with Crippen LogP contribution in [0.4, 0.5) is 0 Å². The van der Waals surface area contributed by atoms with Crippen LogP contribution in [-0.2, 0) is 9.47 Å². The largest absolute Gasteiger partial charge is 0.497 e. The van der Waals surface area contributed by atoms with Gasteiger partial charge in [0.25, 0.3) is 0 Å². The Morgan fingerprint density at radius 1 is 1.24 bits per heavy atom. The van der Waals surface area contributed by atoms with Crippen molar-refractivity contribution in [1.82, 2.24) is 0 Å². The van der Waals surface area contributed by atoms with Gasteiger partial charge in [0.1, 0.15) is 11.5 Å². The molecule has 0 N–H and O–H groups in total. The Bertz CT molecular complexity index is 334. The quantitative estimate of drug-likeness (QED) is 0.788. The van der Waals surface area contributed by atoms with Crippen molar-refractivity contribution in [3.63, 3.8) is 0 Å². The summed E-state index contributed by atoms with van der Waals surface area (Å²) in [5, 5.41) is 0. The molecule has 0 amide bonds. The third kappa shape index (κ3) is 3.91. The molecule has 0 atom stereocenters. The first-order valence-corrected chi connectivity index (χ1v) is 5.88. The molecule has 2 rings (SSSR count). The third-order valence-electron chi connectivity index (χ3n) is 2.56. The van der Waals surface area contributed by atoms with Crippen LogP contribution in [0.2, 0.25) is 0 Å². The van der Waals surface area contributed by atoms with E-state index in [0.717, 1.165) is 37.6 Å². The molecule has 1 aromatic carbocycles. The van der Waals surface area contributed by atoms with Crippen molar-refractivity contribution in [2.45, 2.75) is 19.1 Å². The number of benzene rings is 1. The highest BCUT2D eigenvalue weighted by atomic mass is 16.7. The molecular weight excluding hydrogens is 220 g/mol. The summed E-state index contributed by atoms with van der Waals surface area (Å²) in [7, 11) is 1.64. The Morgan fingerprint density at radius 3 is 2.76 bits per heavy atom. The minimum absolute atomic E-state index is 0.116. The van der Waals surface area contributed by atoms with Crippen molar-refractivity contribution in [2.24, 2.45) is 0 Å². The summed E-state index contributed by atoms with van der Waals surface area (Å²) in [6.07, 6.45) is 1.61. The van der Waals surface area contributed by atoms with E-state index in [9.17, 15) is 0 Å². The zero-order chi connectivity index (χ0) is 11.9. The van der Waals surface area contributed by atoms with Gasteiger partial charge >= 0.3 is 0 Å². The SMILES string of the molecule is COc1cccc(OCCC2OCCCO2)c1. The summed E-state index contributed by atoms with van der Waals surface area (Å²) in [5.74, 6) is 1.60. The van der Waals surface area contributed by atoms with Crippen molar-refractivity contribution >= 4 is 0 Å². The molecular formula is C13H18O4. The molecule has 94 valence electrons. The Labute approximate surface area is 101 Å². The Balaban J connectivity index is 1.73. The van der Waals surface area contributed by atoms with Gasteiger partial charge in [0.2, 0.25) is 0 Å². The molecule has 0 aliphatic carbocycles. The second-order valence-corrected chi connectivity index (χ2v) is 3.84. The lowest BCUT2D eigenvalue weighted by Crippen LogP contribution is -2.26. The van der Waals surface area contributed by atoms with Crippen LogP contribution < -0.4 is 9.47 Å². The Morgan fingerprint density at radius 2 is 2.00 bits per heavy atom. The van der Waals surface area contributed by atoms with Crippen molar-refractivity contribution in [3.8, 4) is 11.5 Å². The fourth-order valence-corrected chi connectivity index (χ4v) is 1.67. The lowest BCUT2D eigenvalue weighted by atomic mass is 10.3. The number of methoxy groups -OCH3 is 1. The van der Waals surface area contributed by atoms with Crippen LogP contribution in [0.5, 0.6) is 11.5 Å². The second kappa shape index (κ2) is 6.47. The molecule has 0 spiro atoms. The van der Waals surface area contributed by atoms with Gasteiger partial charge in [0.05, 0.1) is 26.9 Å². The van der Waals surface area contributed by atoms with Gasteiger partial charge in [-0.3, -0.25) is 0 Å². The predicted molar refractivity (Wildman–Crippen MR) is 63.4 cm³/mol. The average molecular weight is 238 g/mol. The maximum absolute atomic E-state index is 5.61. The molecule has 0 saturated carbocycles. The van der Waals surface area contributed by atoms with Gasteiger partial charge < -0.3 is 18.9 Å². The van der Waals surface area contributed by atoms with Gasteiger partial charge in [-0.05, 0) is 18.6 Å². The molecule has 17 heavy (non-hydrogen) atoms. The summed E-state index contributed by atoms with van der Waals surface area (Å²) < 4.78 is 21.6. The van der Waals surface area contributed by atoms with E-state index in [4.69, 9.17) is 18.9 Å². The molecule has 4 nitrogen and oxygen atoms in total. The first-order chi connectivity index (χ1) is 8.38. The molecule has 0 aromatic heterocycles. The molecule has 1 fully saturated rings. The minimum atomic E-state index is -0.116. The van der Waals surface area contributed by atoms with Crippen LogP contribution in [0.25, 0.3) is 0 Å². The lowest BCUT2D eigenvalue weighted by molar-refractivity contribution is -0.183. The van der Waals surface area contributed by atoms with Crippen LogP contribution in [0.3, 0.4) is 0 Å². The van der Waals surface area contributed by atoms with Crippen LogP contribution >= 0.6 is 0 Å². The van der Waals surface area contributed by atoms with E-state index in [1.54, 1.807) is 7.11 Å². The van der Waals surface area contributed by atoms with Crippen molar-refractivity contribution in [3.05, 3.63) is 24.3 Å². The summed E-state index contributed by atoms with van der Waals surface area (Å²) in [6.45, 7) is 2.14. The van der Waals surface area contributed by atoms with Crippen molar-refractivity contribution in [1.29, 1.82) is 0 Å². The van der Waals surface area contributed by atoms with Gasteiger partial charge in [-0.2, -0.15) is 0 Å². The fourth-order valence-electron chi connectivity index (χ4n) is 1.67. The maximum atomic E-state index is 5.61. The molecule has 0 bridgehead atoms. The Kier molecular flexibility index (Phi) is 4.64. The molecule has 1 heterocycles. The van der Waals surface area contributed by atoms with Crippen LogP contribution in [0.1, 0.15) is 12.8 Å². The topological polar surface area (TPSA) is 36.9 Å². The van der Waals surface area contributed by atoms with Crippen LogP contribution in [0, 0.1) is 0 Å². The molecule has 1 aliphatic rings. The van der Waals surface area contributed by atoms with E-state index < -0.39 is 0 Å². The molecule has 0 radical (unpaired) electrons. The van der Waals surface area contributed by atoms with E-state index >= 15 is 0 Å². The molecule has 4 heteroatoms. The Hall–Kier alpha value is -1.26. The van der Waals surface area contributed by atoms with Gasteiger partial charge in [-0.1, -0.05) is 6.07 Å². The van der Waals surface area contributed by atoms with Gasteiger partial charge in [0, 0.05) is 12.5 Å². The summed E-state index contributed by atoms with van der Waals surface area (Å²) in [5.41, 5.74) is 0. The van der Waals surface area contributed by atoms with Crippen LogP contribution in [-0.4, -0.2) is 33.2 Å². The molecule has 1 saturated heterocycles. The standard InChI is InChI=1S/C13H18O4/c1-14-11-4-2-5-12(10-11)15-9-6-13-16-7-3-8-17-13/h2,4-5,10,13H,3,6-9H2,1H3. The summed E-state index contributed by atoms with van der Waals surface area (Å²) in [4.78, 5) is 0. The van der Waals surface area contributed by atoms with Crippen molar-refractivity contribution in [2.75, 3.05) is 26.9 Å². The molecule has 1 aromatic rings. The maximum Gasteiger partial charge on any atom is 0.160 e. The first kappa shape index (κ1) is 12.2.